The van der Waals surface area contributed by atoms with E-state index < -0.39 is 11.9 Å². The largest absolute Gasteiger partial charge is 0.490 e. The summed E-state index contributed by atoms with van der Waals surface area (Å²) < 4.78 is 21.6. The Balaban J connectivity index is 1.23. The van der Waals surface area contributed by atoms with E-state index in [1.54, 1.807) is 24.5 Å². The lowest BCUT2D eigenvalue weighted by Gasteiger charge is -2.41. The molecular weight excluding hydrogens is 377 g/mol. The number of carbonyl (C=O) groups is 1. The number of amides is 1. The molecule has 0 bridgehead atoms. The minimum Gasteiger partial charge on any atom is -0.490 e. The fourth-order valence-electron chi connectivity index (χ4n) is 4.26. The van der Waals surface area contributed by atoms with Crippen LogP contribution in [0.15, 0.2) is 30.6 Å². The zero-order valence-electron chi connectivity index (χ0n) is 16.3. The van der Waals surface area contributed by atoms with Gasteiger partial charge >= 0.3 is 6.09 Å². The Morgan fingerprint density at radius 1 is 1.17 bits per heavy atom. The summed E-state index contributed by atoms with van der Waals surface area (Å²) in [5.74, 6) is 0.282. The molecule has 1 amide bonds. The first kappa shape index (κ1) is 19.6. The maximum atomic E-state index is 14.4. The molecule has 9 heteroatoms. The smallest absolute Gasteiger partial charge is 0.407 e. The zero-order chi connectivity index (χ0) is 20.2. The molecule has 2 aromatic rings. The van der Waals surface area contributed by atoms with Gasteiger partial charge in [0.2, 0.25) is 0 Å². The predicted octanol–water partition coefficient (Wildman–Crippen LogP) is 2.64. The number of carboxylic acid groups (broad SMARTS) is 1. The number of halogens is 1. The van der Waals surface area contributed by atoms with Gasteiger partial charge in [-0.05, 0) is 43.7 Å². The molecule has 2 aliphatic rings. The van der Waals surface area contributed by atoms with E-state index in [0.29, 0.717) is 37.3 Å². The van der Waals surface area contributed by atoms with Crippen molar-refractivity contribution in [2.24, 2.45) is 5.92 Å². The number of rotatable bonds is 5. The average molecular weight is 403 g/mol. The molecule has 1 aromatic carbocycles. The number of hydrogen-bond donors (Lipinski definition) is 1. The highest BCUT2D eigenvalue weighted by molar-refractivity contribution is 5.65. The van der Waals surface area contributed by atoms with Crippen LogP contribution in [0.2, 0.25) is 0 Å². The van der Waals surface area contributed by atoms with E-state index in [-0.39, 0.29) is 5.75 Å². The molecule has 0 radical (unpaired) electrons. The third-order valence-corrected chi connectivity index (χ3v) is 5.99. The van der Waals surface area contributed by atoms with E-state index in [4.69, 9.17) is 9.84 Å². The van der Waals surface area contributed by atoms with Crippen LogP contribution in [0.5, 0.6) is 5.75 Å². The minimum atomic E-state index is -0.827. The predicted molar refractivity (Wildman–Crippen MR) is 104 cm³/mol. The molecule has 0 unspecified atom stereocenters. The number of benzene rings is 1. The molecular formula is C20H26FN5O3. The van der Waals surface area contributed by atoms with Gasteiger partial charge in [-0.3, -0.25) is 4.90 Å². The molecule has 0 spiro atoms. The molecule has 1 aliphatic carbocycles. The molecule has 1 aliphatic heterocycles. The topological polar surface area (TPSA) is 83.7 Å². The van der Waals surface area contributed by atoms with Crippen LogP contribution in [0.4, 0.5) is 9.18 Å². The second-order valence-electron chi connectivity index (χ2n) is 7.75. The molecule has 1 aromatic heterocycles. The lowest BCUT2D eigenvalue weighted by atomic mass is 9.85. The first-order valence-corrected chi connectivity index (χ1v) is 10.1. The van der Waals surface area contributed by atoms with Crippen LogP contribution in [0.3, 0.4) is 0 Å². The van der Waals surface area contributed by atoms with E-state index in [2.05, 4.69) is 15.2 Å². The lowest BCUT2D eigenvalue weighted by molar-refractivity contribution is 0.0616. The molecule has 8 nitrogen and oxygen atoms in total. The Kier molecular flexibility index (Phi) is 5.94. The van der Waals surface area contributed by atoms with Crippen LogP contribution < -0.4 is 4.74 Å². The van der Waals surface area contributed by atoms with Gasteiger partial charge in [-0.15, -0.1) is 5.10 Å². The SMILES string of the molecule is O=C(O)N1CCN(C2CCC(COc3ccc(-n4ccnn4)cc3F)CC2)CC1. The van der Waals surface area contributed by atoms with E-state index in [1.165, 1.54) is 15.6 Å². The monoisotopic (exact) mass is 403 g/mol. The Morgan fingerprint density at radius 2 is 1.93 bits per heavy atom. The van der Waals surface area contributed by atoms with Gasteiger partial charge in [0.1, 0.15) is 0 Å². The van der Waals surface area contributed by atoms with E-state index in [1.807, 2.05) is 0 Å². The van der Waals surface area contributed by atoms with Crippen LogP contribution in [0.25, 0.3) is 5.69 Å². The summed E-state index contributed by atoms with van der Waals surface area (Å²) in [5, 5.41) is 16.7. The number of piperazine rings is 1. The highest BCUT2D eigenvalue weighted by atomic mass is 19.1. The third-order valence-electron chi connectivity index (χ3n) is 5.99. The van der Waals surface area contributed by atoms with Crippen molar-refractivity contribution >= 4 is 6.09 Å². The highest BCUT2D eigenvalue weighted by Gasteiger charge is 2.29. The summed E-state index contributed by atoms with van der Waals surface area (Å²) in [6, 6.07) is 5.32. The van der Waals surface area contributed by atoms with E-state index >= 15 is 0 Å². The van der Waals surface area contributed by atoms with Crippen molar-refractivity contribution in [3.8, 4) is 11.4 Å². The van der Waals surface area contributed by atoms with Crippen molar-refractivity contribution in [3.05, 3.63) is 36.4 Å². The summed E-state index contributed by atoms with van der Waals surface area (Å²) in [4.78, 5) is 14.9. The highest BCUT2D eigenvalue weighted by Crippen LogP contribution is 2.29. The van der Waals surface area contributed by atoms with Crippen LogP contribution in [-0.4, -0.2) is 74.8 Å². The standard InChI is InChI=1S/C20H26FN5O3/c21-18-13-17(26-8-7-22-23-26)5-6-19(18)29-14-15-1-3-16(4-2-15)24-9-11-25(12-10-24)20(27)28/h5-8,13,15-16H,1-4,9-12,14H2,(H,27,28). The molecule has 1 saturated carbocycles. The molecule has 4 rings (SSSR count). The summed E-state index contributed by atoms with van der Waals surface area (Å²) in [5.41, 5.74) is 0.607. The number of nitrogens with zero attached hydrogens (tertiary/aromatic N) is 5. The number of hydrogen-bond acceptors (Lipinski definition) is 5. The molecule has 29 heavy (non-hydrogen) atoms. The van der Waals surface area contributed by atoms with Gasteiger partial charge in [0, 0.05) is 38.3 Å². The van der Waals surface area contributed by atoms with Crippen LogP contribution in [0.1, 0.15) is 25.7 Å². The van der Waals surface area contributed by atoms with Crippen molar-refractivity contribution in [1.29, 1.82) is 0 Å². The van der Waals surface area contributed by atoms with Crippen molar-refractivity contribution in [2.75, 3.05) is 32.8 Å². The Labute approximate surface area is 168 Å². The summed E-state index contributed by atoms with van der Waals surface area (Å²) in [7, 11) is 0. The lowest BCUT2D eigenvalue weighted by Crippen LogP contribution is -2.52. The van der Waals surface area contributed by atoms with Gasteiger partial charge in [-0.25, -0.2) is 13.9 Å². The van der Waals surface area contributed by atoms with Crippen LogP contribution in [-0.2, 0) is 0 Å². The first-order chi connectivity index (χ1) is 14.1. The summed E-state index contributed by atoms with van der Waals surface area (Å²) in [6.45, 7) is 3.30. The van der Waals surface area contributed by atoms with Crippen LogP contribution in [0, 0.1) is 11.7 Å². The maximum absolute atomic E-state index is 14.4. The first-order valence-electron chi connectivity index (χ1n) is 10.1. The van der Waals surface area contributed by atoms with E-state index in [0.717, 1.165) is 38.8 Å². The summed E-state index contributed by atoms with van der Waals surface area (Å²) in [6.07, 6.45) is 6.63. The van der Waals surface area contributed by atoms with E-state index in [9.17, 15) is 9.18 Å². The second-order valence-corrected chi connectivity index (χ2v) is 7.75. The van der Waals surface area contributed by atoms with Gasteiger partial charge in [0.15, 0.2) is 11.6 Å². The molecule has 2 heterocycles. The molecule has 1 N–H and O–H groups in total. The Bertz CT molecular complexity index is 816. The van der Waals surface area contributed by atoms with Gasteiger partial charge in [-0.1, -0.05) is 5.21 Å². The second kappa shape index (κ2) is 8.77. The fraction of sp³-hybridized carbons (Fsp3) is 0.550. The molecule has 1 saturated heterocycles. The van der Waals surface area contributed by atoms with Crippen molar-refractivity contribution in [2.45, 2.75) is 31.7 Å². The van der Waals surface area contributed by atoms with Gasteiger partial charge in [-0.2, -0.15) is 0 Å². The number of aromatic nitrogens is 3. The number of ether oxygens (including phenoxy) is 1. The molecule has 156 valence electrons. The third kappa shape index (κ3) is 4.67. The summed E-state index contributed by atoms with van der Waals surface area (Å²) >= 11 is 0. The van der Waals surface area contributed by atoms with Crippen molar-refractivity contribution in [1.82, 2.24) is 24.8 Å². The van der Waals surface area contributed by atoms with Gasteiger partial charge < -0.3 is 14.7 Å². The zero-order valence-corrected chi connectivity index (χ0v) is 16.3. The molecule has 0 atom stereocenters. The van der Waals surface area contributed by atoms with Gasteiger partial charge in [0.05, 0.1) is 24.7 Å². The quantitative estimate of drug-likeness (QED) is 0.826. The van der Waals surface area contributed by atoms with Crippen molar-refractivity contribution in [3.63, 3.8) is 0 Å². The Hall–Kier alpha value is -2.68. The van der Waals surface area contributed by atoms with Gasteiger partial charge in [0.25, 0.3) is 0 Å². The Morgan fingerprint density at radius 3 is 2.55 bits per heavy atom. The maximum Gasteiger partial charge on any atom is 0.407 e. The van der Waals surface area contributed by atoms with Crippen molar-refractivity contribution < 1.29 is 19.0 Å². The normalized spacial score (nSPS) is 23.1. The van der Waals surface area contributed by atoms with Crippen LogP contribution >= 0.6 is 0 Å². The minimum absolute atomic E-state index is 0.265. The average Bonchev–Trinajstić information content (AvgIpc) is 3.28. The fourth-order valence-corrected chi connectivity index (χ4v) is 4.26. The molecule has 2 fully saturated rings.